The molecule has 0 spiro atoms. The van der Waals surface area contributed by atoms with E-state index in [1.54, 1.807) is 0 Å². The predicted molar refractivity (Wildman–Crippen MR) is 108 cm³/mol. The third-order valence-corrected chi connectivity index (χ3v) is 4.39. The van der Waals surface area contributed by atoms with Crippen LogP contribution in [0.3, 0.4) is 0 Å². The normalized spacial score (nSPS) is 12.9. The maximum Gasteiger partial charge on any atom is -0.0175 e. The minimum atomic E-state index is 0.326. The summed E-state index contributed by atoms with van der Waals surface area (Å²) in [7, 11) is 0. The van der Waals surface area contributed by atoms with Gasteiger partial charge in [0.2, 0.25) is 0 Å². The summed E-state index contributed by atoms with van der Waals surface area (Å²) in [6, 6.07) is 18.6. The molecule has 0 heteroatoms. The third-order valence-electron chi connectivity index (χ3n) is 4.39. The first-order chi connectivity index (χ1) is 11.1. The molecule has 3 aromatic rings. The SMILES string of the molecule is CC(C)(C)Cc1ccc2cc3cc(CC(C)(C)C)ccc3cc2c1. The molecule has 0 aliphatic heterocycles. The molecule has 0 N–H and O–H groups in total. The molecule has 0 aliphatic carbocycles. The van der Waals surface area contributed by atoms with Gasteiger partial charge in [0.25, 0.3) is 0 Å². The van der Waals surface area contributed by atoms with E-state index >= 15 is 0 Å². The maximum atomic E-state index is 2.36. The van der Waals surface area contributed by atoms with Gasteiger partial charge in [-0.05, 0) is 68.5 Å². The second-order valence-corrected chi connectivity index (χ2v) is 9.69. The minimum absolute atomic E-state index is 0.326. The quantitative estimate of drug-likeness (QED) is 0.439. The number of hydrogen-bond acceptors (Lipinski definition) is 0. The summed E-state index contributed by atoms with van der Waals surface area (Å²) in [4.78, 5) is 0. The van der Waals surface area contributed by atoms with Crippen molar-refractivity contribution >= 4 is 21.5 Å². The molecule has 0 saturated heterocycles. The van der Waals surface area contributed by atoms with Crippen LogP contribution in [-0.4, -0.2) is 0 Å². The standard InChI is InChI=1S/C24H30/c1-23(2,3)15-17-7-9-19-14-22-12-18(16-24(4,5)6)8-10-20(22)13-21(19)11-17/h7-14H,15-16H2,1-6H3. The van der Waals surface area contributed by atoms with E-state index in [9.17, 15) is 0 Å². The highest BCUT2D eigenvalue weighted by Gasteiger charge is 2.13. The molecule has 0 unspecified atom stereocenters. The summed E-state index contributed by atoms with van der Waals surface area (Å²) in [5.41, 5.74) is 3.51. The lowest BCUT2D eigenvalue weighted by Gasteiger charge is -2.19. The third kappa shape index (κ3) is 4.17. The van der Waals surface area contributed by atoms with Crippen molar-refractivity contribution < 1.29 is 0 Å². The molecule has 3 rings (SSSR count). The Hall–Kier alpha value is -1.82. The van der Waals surface area contributed by atoms with Crippen LogP contribution in [-0.2, 0) is 12.8 Å². The molecule has 0 aromatic heterocycles. The lowest BCUT2D eigenvalue weighted by molar-refractivity contribution is 0.411. The van der Waals surface area contributed by atoms with Gasteiger partial charge in [-0.3, -0.25) is 0 Å². The topological polar surface area (TPSA) is 0 Å². The Morgan fingerprint density at radius 1 is 0.500 bits per heavy atom. The maximum absolute atomic E-state index is 2.36. The molecule has 0 atom stereocenters. The molecule has 126 valence electrons. The molecule has 0 bridgehead atoms. The van der Waals surface area contributed by atoms with E-state index in [4.69, 9.17) is 0 Å². The number of rotatable bonds is 2. The van der Waals surface area contributed by atoms with E-state index in [2.05, 4.69) is 90.1 Å². The van der Waals surface area contributed by atoms with E-state index in [0.29, 0.717) is 10.8 Å². The lowest BCUT2D eigenvalue weighted by atomic mass is 9.86. The molecule has 24 heavy (non-hydrogen) atoms. The second kappa shape index (κ2) is 5.92. The van der Waals surface area contributed by atoms with Crippen LogP contribution in [0.4, 0.5) is 0 Å². The van der Waals surface area contributed by atoms with Gasteiger partial charge in [0.1, 0.15) is 0 Å². The van der Waals surface area contributed by atoms with Gasteiger partial charge in [0.05, 0.1) is 0 Å². The Balaban J connectivity index is 2.02. The van der Waals surface area contributed by atoms with E-state index < -0.39 is 0 Å². The molecular weight excluding hydrogens is 288 g/mol. The Labute approximate surface area is 146 Å². The van der Waals surface area contributed by atoms with E-state index in [0.717, 1.165) is 12.8 Å². The highest BCUT2D eigenvalue weighted by atomic mass is 14.2. The van der Waals surface area contributed by atoms with Crippen molar-refractivity contribution in [2.75, 3.05) is 0 Å². The van der Waals surface area contributed by atoms with Gasteiger partial charge < -0.3 is 0 Å². The molecular formula is C24H30. The summed E-state index contributed by atoms with van der Waals surface area (Å²) in [6.07, 6.45) is 2.23. The van der Waals surface area contributed by atoms with Crippen molar-refractivity contribution in [1.82, 2.24) is 0 Å². The number of fused-ring (bicyclic) bond motifs is 2. The summed E-state index contributed by atoms with van der Waals surface area (Å²) >= 11 is 0. The molecule has 3 aromatic carbocycles. The van der Waals surface area contributed by atoms with Crippen molar-refractivity contribution in [2.45, 2.75) is 54.4 Å². The van der Waals surface area contributed by atoms with E-state index in [1.807, 2.05) is 0 Å². The fourth-order valence-corrected chi connectivity index (χ4v) is 3.54. The van der Waals surface area contributed by atoms with E-state index in [-0.39, 0.29) is 0 Å². The van der Waals surface area contributed by atoms with Crippen molar-refractivity contribution in [2.24, 2.45) is 10.8 Å². The Bertz CT molecular complexity index is 795. The second-order valence-electron chi connectivity index (χ2n) is 9.69. The number of benzene rings is 3. The highest BCUT2D eigenvalue weighted by molar-refractivity contribution is 5.98. The van der Waals surface area contributed by atoms with Crippen molar-refractivity contribution in [3.63, 3.8) is 0 Å². The van der Waals surface area contributed by atoms with Crippen LogP contribution in [0.25, 0.3) is 21.5 Å². The summed E-state index contributed by atoms with van der Waals surface area (Å²) in [6.45, 7) is 13.8. The first-order valence-electron chi connectivity index (χ1n) is 9.04. The average Bonchev–Trinajstić information content (AvgIpc) is 2.41. The lowest BCUT2D eigenvalue weighted by Crippen LogP contribution is -2.09. The van der Waals surface area contributed by atoms with Gasteiger partial charge in [0, 0.05) is 0 Å². The Morgan fingerprint density at radius 3 is 1.21 bits per heavy atom. The largest absolute Gasteiger partial charge is 0.0599 e. The molecule has 0 heterocycles. The smallest absolute Gasteiger partial charge is 0.0175 e. The van der Waals surface area contributed by atoms with Crippen LogP contribution in [0.5, 0.6) is 0 Å². The number of hydrogen-bond donors (Lipinski definition) is 0. The Kier molecular flexibility index (Phi) is 4.20. The first kappa shape index (κ1) is 17.0. The van der Waals surface area contributed by atoms with Crippen molar-refractivity contribution in [3.05, 3.63) is 59.7 Å². The molecule has 0 radical (unpaired) electrons. The summed E-state index contributed by atoms with van der Waals surface area (Å²) in [5.74, 6) is 0. The Morgan fingerprint density at radius 2 is 0.875 bits per heavy atom. The average molecular weight is 319 g/mol. The van der Waals surface area contributed by atoms with Crippen LogP contribution in [0.2, 0.25) is 0 Å². The summed E-state index contributed by atoms with van der Waals surface area (Å²) < 4.78 is 0. The zero-order chi connectivity index (χ0) is 17.5. The molecule has 0 aliphatic rings. The van der Waals surface area contributed by atoms with Crippen LogP contribution in [0.15, 0.2) is 48.5 Å². The van der Waals surface area contributed by atoms with Gasteiger partial charge in [-0.1, -0.05) is 77.9 Å². The van der Waals surface area contributed by atoms with Crippen LogP contribution < -0.4 is 0 Å². The van der Waals surface area contributed by atoms with Crippen LogP contribution in [0.1, 0.15) is 52.7 Å². The highest BCUT2D eigenvalue weighted by Crippen LogP contribution is 2.29. The van der Waals surface area contributed by atoms with Gasteiger partial charge in [-0.15, -0.1) is 0 Å². The van der Waals surface area contributed by atoms with Gasteiger partial charge in [-0.25, -0.2) is 0 Å². The fraction of sp³-hybridized carbons (Fsp3) is 0.417. The molecule has 0 nitrogen and oxygen atoms in total. The van der Waals surface area contributed by atoms with Crippen LogP contribution in [0, 0.1) is 10.8 Å². The minimum Gasteiger partial charge on any atom is -0.0599 e. The fourth-order valence-electron chi connectivity index (χ4n) is 3.54. The molecule has 0 fully saturated rings. The van der Waals surface area contributed by atoms with Crippen LogP contribution >= 0.6 is 0 Å². The van der Waals surface area contributed by atoms with Crippen molar-refractivity contribution in [1.29, 1.82) is 0 Å². The molecule has 0 amide bonds. The van der Waals surface area contributed by atoms with Gasteiger partial charge >= 0.3 is 0 Å². The monoisotopic (exact) mass is 318 g/mol. The zero-order valence-electron chi connectivity index (χ0n) is 16.0. The predicted octanol–water partition coefficient (Wildman–Crippen LogP) is 7.17. The zero-order valence-corrected chi connectivity index (χ0v) is 16.0. The van der Waals surface area contributed by atoms with Crippen molar-refractivity contribution in [3.8, 4) is 0 Å². The van der Waals surface area contributed by atoms with Gasteiger partial charge in [0.15, 0.2) is 0 Å². The summed E-state index contributed by atoms with van der Waals surface area (Å²) in [5, 5.41) is 5.39. The molecule has 0 saturated carbocycles. The first-order valence-corrected chi connectivity index (χ1v) is 9.04. The van der Waals surface area contributed by atoms with Gasteiger partial charge in [-0.2, -0.15) is 0 Å². The van der Waals surface area contributed by atoms with E-state index in [1.165, 1.54) is 32.7 Å².